The smallest absolute Gasteiger partial charge is 0.406 e. The molecule has 29 heavy (non-hydrogen) atoms. The molecule has 2 aliphatic rings. The fourth-order valence-corrected chi connectivity index (χ4v) is 3.83. The van der Waals surface area contributed by atoms with Crippen molar-refractivity contribution in [3.63, 3.8) is 0 Å². The molecule has 156 valence electrons. The Labute approximate surface area is 168 Å². The Balaban J connectivity index is 1.36. The summed E-state index contributed by atoms with van der Waals surface area (Å²) in [5.74, 6) is 2.24. The lowest BCUT2D eigenvalue weighted by molar-refractivity contribution is -0.274. The van der Waals surface area contributed by atoms with E-state index in [1.165, 1.54) is 25.0 Å². The Morgan fingerprint density at radius 2 is 1.90 bits per heavy atom. The van der Waals surface area contributed by atoms with E-state index < -0.39 is 6.36 Å². The van der Waals surface area contributed by atoms with Gasteiger partial charge >= 0.3 is 6.36 Å². The minimum atomic E-state index is -4.66. The van der Waals surface area contributed by atoms with Crippen LogP contribution in [0.4, 0.5) is 19.0 Å². The molecule has 1 aliphatic carbocycles. The number of anilines is 1. The minimum absolute atomic E-state index is 0.187. The summed E-state index contributed by atoms with van der Waals surface area (Å²) in [6.07, 6.45) is 1.71. The summed E-state index contributed by atoms with van der Waals surface area (Å²) in [7, 11) is 2.08. The summed E-state index contributed by atoms with van der Waals surface area (Å²) in [6.45, 7) is 2.57. The lowest BCUT2D eigenvalue weighted by Crippen LogP contribution is -2.46. The standard InChI is InChI=1S/C21H25F3N4O/c1-27(19-10-11-25-20(26-19)16-6-7-16)17-3-2-12-28(14-17)13-15-4-8-18(9-5-15)29-21(22,23)24/h4-5,8-11,16-17H,2-3,6-7,12-14H2,1H3. The molecule has 0 spiro atoms. The second kappa shape index (κ2) is 8.18. The summed E-state index contributed by atoms with van der Waals surface area (Å²) >= 11 is 0. The summed E-state index contributed by atoms with van der Waals surface area (Å²) < 4.78 is 40.8. The van der Waals surface area contributed by atoms with Crippen LogP contribution in [0.2, 0.25) is 0 Å². The zero-order valence-corrected chi connectivity index (χ0v) is 16.4. The van der Waals surface area contributed by atoms with Gasteiger partial charge in [-0.15, -0.1) is 13.2 Å². The number of likely N-dealkylation sites (N-methyl/N-ethyl adjacent to an activating group) is 1. The Morgan fingerprint density at radius 1 is 1.14 bits per heavy atom. The maximum atomic E-state index is 12.3. The third kappa shape index (κ3) is 5.38. The van der Waals surface area contributed by atoms with Gasteiger partial charge in [-0.25, -0.2) is 9.97 Å². The third-order valence-corrected chi connectivity index (χ3v) is 5.55. The summed E-state index contributed by atoms with van der Waals surface area (Å²) in [6, 6.07) is 8.44. The van der Waals surface area contributed by atoms with Crippen molar-refractivity contribution in [2.45, 2.75) is 50.6 Å². The molecular weight excluding hydrogens is 381 g/mol. The first-order valence-corrected chi connectivity index (χ1v) is 10.0. The van der Waals surface area contributed by atoms with Crippen LogP contribution in [-0.4, -0.2) is 47.4 Å². The molecule has 0 N–H and O–H groups in total. The van der Waals surface area contributed by atoms with Crippen LogP contribution in [0.3, 0.4) is 0 Å². The molecule has 2 heterocycles. The Morgan fingerprint density at radius 3 is 2.59 bits per heavy atom. The minimum Gasteiger partial charge on any atom is -0.406 e. The molecule has 5 nitrogen and oxygen atoms in total. The fourth-order valence-electron chi connectivity index (χ4n) is 3.83. The Hall–Kier alpha value is -2.35. The van der Waals surface area contributed by atoms with Gasteiger partial charge in [0.25, 0.3) is 0 Å². The molecule has 0 bridgehead atoms. The SMILES string of the molecule is CN(c1ccnc(C2CC2)n1)C1CCCN(Cc2ccc(OC(F)(F)F)cc2)C1. The normalized spacial score (nSPS) is 20.5. The molecule has 0 amide bonds. The molecule has 1 saturated carbocycles. The van der Waals surface area contributed by atoms with E-state index in [1.807, 2.05) is 12.3 Å². The van der Waals surface area contributed by atoms with Crippen LogP contribution in [-0.2, 0) is 6.54 Å². The molecule has 1 aromatic carbocycles. The van der Waals surface area contributed by atoms with Gasteiger partial charge in [0.2, 0.25) is 0 Å². The number of hydrogen-bond donors (Lipinski definition) is 0. The summed E-state index contributed by atoms with van der Waals surface area (Å²) in [4.78, 5) is 13.7. The van der Waals surface area contributed by atoms with Gasteiger partial charge in [0, 0.05) is 38.3 Å². The molecular formula is C21H25F3N4O. The van der Waals surface area contributed by atoms with Crippen molar-refractivity contribution in [2.75, 3.05) is 25.0 Å². The molecule has 2 fully saturated rings. The van der Waals surface area contributed by atoms with Crippen molar-refractivity contribution in [3.8, 4) is 5.75 Å². The van der Waals surface area contributed by atoms with Crippen molar-refractivity contribution >= 4 is 5.82 Å². The van der Waals surface area contributed by atoms with Crippen LogP contribution in [0.1, 0.15) is 43.0 Å². The number of benzene rings is 1. The summed E-state index contributed by atoms with van der Waals surface area (Å²) in [5, 5.41) is 0. The first-order valence-electron chi connectivity index (χ1n) is 10.0. The van der Waals surface area contributed by atoms with E-state index in [0.717, 1.165) is 43.1 Å². The highest BCUT2D eigenvalue weighted by Gasteiger charge is 2.31. The fraction of sp³-hybridized carbons (Fsp3) is 0.524. The molecule has 2 aromatic rings. The monoisotopic (exact) mass is 406 g/mol. The summed E-state index contributed by atoms with van der Waals surface area (Å²) in [5.41, 5.74) is 0.973. The number of hydrogen-bond acceptors (Lipinski definition) is 5. The molecule has 0 radical (unpaired) electrons. The zero-order chi connectivity index (χ0) is 20.4. The number of ether oxygens (including phenoxy) is 1. The predicted octanol–water partition coefficient (Wildman–Crippen LogP) is 4.35. The maximum absolute atomic E-state index is 12.3. The van der Waals surface area contributed by atoms with Crippen molar-refractivity contribution in [1.82, 2.24) is 14.9 Å². The number of piperidine rings is 1. The number of rotatable bonds is 6. The van der Waals surface area contributed by atoms with E-state index >= 15 is 0 Å². The topological polar surface area (TPSA) is 41.5 Å². The van der Waals surface area contributed by atoms with E-state index in [2.05, 4.69) is 26.6 Å². The largest absolute Gasteiger partial charge is 0.573 e. The first kappa shape index (κ1) is 19.9. The molecule has 1 aromatic heterocycles. The number of nitrogens with zero attached hydrogens (tertiary/aromatic N) is 4. The molecule has 8 heteroatoms. The average Bonchev–Trinajstić information content (AvgIpc) is 3.54. The number of aromatic nitrogens is 2. The molecule has 1 atom stereocenters. The van der Waals surface area contributed by atoms with Gasteiger partial charge in [-0.05, 0) is 56.0 Å². The number of likely N-dealkylation sites (tertiary alicyclic amines) is 1. The van der Waals surface area contributed by atoms with Crippen molar-refractivity contribution in [3.05, 3.63) is 47.9 Å². The van der Waals surface area contributed by atoms with Crippen LogP contribution < -0.4 is 9.64 Å². The van der Waals surface area contributed by atoms with E-state index in [1.54, 1.807) is 12.1 Å². The lowest BCUT2D eigenvalue weighted by Gasteiger charge is -2.38. The molecule has 1 unspecified atom stereocenters. The second-order valence-electron chi connectivity index (χ2n) is 7.88. The van der Waals surface area contributed by atoms with Crippen LogP contribution in [0.15, 0.2) is 36.5 Å². The van der Waals surface area contributed by atoms with E-state index in [-0.39, 0.29) is 5.75 Å². The van der Waals surface area contributed by atoms with Gasteiger partial charge < -0.3 is 9.64 Å². The van der Waals surface area contributed by atoms with Crippen LogP contribution in [0.25, 0.3) is 0 Å². The highest BCUT2D eigenvalue weighted by molar-refractivity contribution is 5.39. The van der Waals surface area contributed by atoms with Gasteiger partial charge in [0.05, 0.1) is 0 Å². The Bertz CT molecular complexity index is 823. The van der Waals surface area contributed by atoms with Crippen molar-refractivity contribution < 1.29 is 17.9 Å². The van der Waals surface area contributed by atoms with Crippen LogP contribution in [0, 0.1) is 0 Å². The van der Waals surface area contributed by atoms with E-state index in [9.17, 15) is 13.2 Å². The lowest BCUT2D eigenvalue weighted by atomic mass is 10.0. The number of alkyl halides is 3. The quantitative estimate of drug-likeness (QED) is 0.713. The molecule has 1 saturated heterocycles. The average molecular weight is 406 g/mol. The van der Waals surface area contributed by atoms with Gasteiger partial charge in [0.15, 0.2) is 0 Å². The molecule has 1 aliphatic heterocycles. The van der Waals surface area contributed by atoms with Crippen LogP contribution >= 0.6 is 0 Å². The highest BCUT2D eigenvalue weighted by Crippen LogP contribution is 2.38. The van der Waals surface area contributed by atoms with Crippen LogP contribution in [0.5, 0.6) is 5.75 Å². The zero-order valence-electron chi connectivity index (χ0n) is 16.4. The second-order valence-corrected chi connectivity index (χ2v) is 7.88. The van der Waals surface area contributed by atoms with Gasteiger partial charge in [-0.3, -0.25) is 4.90 Å². The van der Waals surface area contributed by atoms with E-state index in [4.69, 9.17) is 4.98 Å². The Kier molecular flexibility index (Phi) is 5.63. The van der Waals surface area contributed by atoms with Crippen molar-refractivity contribution in [2.24, 2.45) is 0 Å². The maximum Gasteiger partial charge on any atom is 0.573 e. The van der Waals surface area contributed by atoms with Gasteiger partial charge in [-0.1, -0.05) is 12.1 Å². The predicted molar refractivity (Wildman–Crippen MR) is 104 cm³/mol. The van der Waals surface area contributed by atoms with Gasteiger partial charge in [-0.2, -0.15) is 0 Å². The third-order valence-electron chi connectivity index (χ3n) is 5.55. The van der Waals surface area contributed by atoms with E-state index in [0.29, 0.717) is 18.5 Å². The van der Waals surface area contributed by atoms with Crippen molar-refractivity contribution in [1.29, 1.82) is 0 Å². The molecule has 4 rings (SSSR count). The highest BCUT2D eigenvalue weighted by atomic mass is 19.4. The number of halogens is 3. The van der Waals surface area contributed by atoms with Gasteiger partial charge in [0.1, 0.15) is 17.4 Å². The first-order chi connectivity index (χ1) is 13.9.